The Bertz CT molecular complexity index is 1200. The highest BCUT2D eigenvalue weighted by Crippen LogP contribution is 2.34. The highest BCUT2D eigenvalue weighted by Gasteiger charge is 2.35. The number of nitrogens with one attached hydrogen (secondary N) is 1. The van der Waals surface area contributed by atoms with Crippen LogP contribution in [-0.4, -0.2) is 15.8 Å². The van der Waals surface area contributed by atoms with Gasteiger partial charge in [0.2, 0.25) is 0 Å². The standard InChI is InChI=1S/C23H17F3N4O/c24-23(25,26)21-14-20(17-8-6-16(7-9-17)15-4-2-1-3-5-15)30(29-21)19-12-10-18(11-13-19)28-22(27)31/h1-14H,(H3,27,28,31). The van der Waals surface area contributed by atoms with Crippen molar-refractivity contribution in [3.63, 3.8) is 0 Å². The lowest BCUT2D eigenvalue weighted by molar-refractivity contribution is -0.141. The molecular formula is C23H17F3N4O. The fraction of sp³-hybridized carbons (Fsp3) is 0.0435. The van der Waals surface area contributed by atoms with Gasteiger partial charge in [-0.25, -0.2) is 9.48 Å². The predicted molar refractivity (Wildman–Crippen MR) is 113 cm³/mol. The van der Waals surface area contributed by atoms with E-state index in [4.69, 9.17) is 5.73 Å². The van der Waals surface area contributed by atoms with Crippen LogP contribution in [0, 0.1) is 0 Å². The molecule has 2 amide bonds. The number of nitrogens with two attached hydrogens (primary N) is 1. The van der Waals surface area contributed by atoms with Gasteiger partial charge in [-0.3, -0.25) is 0 Å². The quantitative estimate of drug-likeness (QED) is 0.442. The normalized spacial score (nSPS) is 11.3. The van der Waals surface area contributed by atoms with E-state index < -0.39 is 17.9 Å². The second-order valence-electron chi connectivity index (χ2n) is 6.80. The van der Waals surface area contributed by atoms with E-state index in [-0.39, 0.29) is 0 Å². The van der Waals surface area contributed by atoms with Crippen molar-refractivity contribution in [1.82, 2.24) is 9.78 Å². The summed E-state index contributed by atoms with van der Waals surface area (Å²) < 4.78 is 41.3. The highest BCUT2D eigenvalue weighted by molar-refractivity contribution is 5.87. The summed E-state index contributed by atoms with van der Waals surface area (Å²) in [5.74, 6) is 0. The van der Waals surface area contributed by atoms with Gasteiger partial charge in [0.1, 0.15) is 0 Å². The maximum absolute atomic E-state index is 13.4. The van der Waals surface area contributed by atoms with Crippen molar-refractivity contribution in [3.05, 3.63) is 90.6 Å². The van der Waals surface area contributed by atoms with Crippen molar-refractivity contribution in [1.29, 1.82) is 0 Å². The van der Waals surface area contributed by atoms with Gasteiger partial charge in [-0.05, 0) is 41.5 Å². The predicted octanol–water partition coefficient (Wildman–Crippen LogP) is 5.72. The van der Waals surface area contributed by atoms with Crippen molar-refractivity contribution in [3.8, 4) is 28.1 Å². The van der Waals surface area contributed by atoms with Crippen LogP contribution in [0.4, 0.5) is 23.7 Å². The molecule has 0 unspecified atom stereocenters. The van der Waals surface area contributed by atoms with Crippen molar-refractivity contribution in [2.75, 3.05) is 5.32 Å². The fourth-order valence-electron chi connectivity index (χ4n) is 3.21. The third-order valence-electron chi connectivity index (χ3n) is 4.67. The summed E-state index contributed by atoms with van der Waals surface area (Å²) in [7, 11) is 0. The third-order valence-corrected chi connectivity index (χ3v) is 4.67. The van der Waals surface area contributed by atoms with E-state index in [0.717, 1.165) is 17.2 Å². The molecule has 0 aliphatic carbocycles. The average molecular weight is 422 g/mol. The molecule has 0 spiro atoms. The van der Waals surface area contributed by atoms with Gasteiger partial charge in [-0.15, -0.1) is 0 Å². The minimum Gasteiger partial charge on any atom is -0.351 e. The number of alkyl halides is 3. The van der Waals surface area contributed by atoms with E-state index in [1.54, 1.807) is 24.3 Å². The Morgan fingerprint density at radius 1 is 0.839 bits per heavy atom. The summed E-state index contributed by atoms with van der Waals surface area (Å²) in [6, 6.07) is 23.4. The number of amides is 2. The van der Waals surface area contributed by atoms with Crippen molar-refractivity contribution in [2.24, 2.45) is 5.73 Å². The van der Waals surface area contributed by atoms with Crippen LogP contribution in [0.15, 0.2) is 84.9 Å². The summed E-state index contributed by atoms with van der Waals surface area (Å²) in [5.41, 5.74) is 7.77. The second kappa shape index (κ2) is 7.98. The number of nitrogens with zero attached hydrogens (tertiary/aromatic N) is 2. The van der Waals surface area contributed by atoms with Crippen molar-refractivity contribution < 1.29 is 18.0 Å². The zero-order valence-electron chi connectivity index (χ0n) is 16.1. The largest absolute Gasteiger partial charge is 0.435 e. The molecule has 3 aromatic carbocycles. The van der Waals surface area contributed by atoms with Crippen LogP contribution in [-0.2, 0) is 6.18 Å². The van der Waals surface area contributed by atoms with Crippen LogP contribution < -0.4 is 11.1 Å². The molecular weight excluding hydrogens is 405 g/mol. The molecule has 8 heteroatoms. The van der Waals surface area contributed by atoms with Crippen molar-refractivity contribution >= 4 is 11.7 Å². The molecule has 3 N–H and O–H groups in total. The first-order chi connectivity index (χ1) is 14.8. The maximum atomic E-state index is 13.4. The summed E-state index contributed by atoms with van der Waals surface area (Å²) in [6.45, 7) is 0. The Labute approximate surface area is 175 Å². The van der Waals surface area contributed by atoms with Crippen molar-refractivity contribution in [2.45, 2.75) is 6.18 Å². The van der Waals surface area contributed by atoms with Gasteiger partial charge in [0.15, 0.2) is 5.69 Å². The molecule has 0 fully saturated rings. The first-order valence-electron chi connectivity index (χ1n) is 9.31. The van der Waals surface area contributed by atoms with Gasteiger partial charge < -0.3 is 11.1 Å². The molecule has 31 heavy (non-hydrogen) atoms. The summed E-state index contributed by atoms with van der Waals surface area (Å²) in [4.78, 5) is 11.0. The lowest BCUT2D eigenvalue weighted by Gasteiger charge is -2.10. The summed E-state index contributed by atoms with van der Waals surface area (Å²) in [6.07, 6.45) is -4.59. The van der Waals surface area contributed by atoms with Gasteiger partial charge in [0.25, 0.3) is 0 Å². The Balaban J connectivity index is 1.75. The van der Waals surface area contributed by atoms with Crippen LogP contribution >= 0.6 is 0 Å². The van der Waals surface area contributed by atoms with E-state index in [2.05, 4.69) is 10.4 Å². The maximum Gasteiger partial charge on any atom is 0.435 e. The number of rotatable bonds is 4. The molecule has 1 aromatic heterocycles. The van der Waals surface area contributed by atoms with E-state index in [1.807, 2.05) is 42.5 Å². The Morgan fingerprint density at radius 2 is 1.42 bits per heavy atom. The number of carbonyl (C=O) groups is 1. The fourth-order valence-corrected chi connectivity index (χ4v) is 3.21. The number of anilines is 1. The minimum absolute atomic E-state index is 0.294. The molecule has 0 bridgehead atoms. The molecule has 1 heterocycles. The number of benzene rings is 3. The first-order valence-corrected chi connectivity index (χ1v) is 9.31. The molecule has 0 saturated heterocycles. The molecule has 0 radical (unpaired) electrons. The number of hydrogen-bond acceptors (Lipinski definition) is 2. The van der Waals surface area contributed by atoms with E-state index in [1.165, 1.54) is 16.8 Å². The lowest BCUT2D eigenvalue weighted by atomic mass is 10.0. The molecule has 0 aliphatic heterocycles. The molecule has 0 saturated carbocycles. The summed E-state index contributed by atoms with van der Waals surface area (Å²) in [5, 5.41) is 6.19. The molecule has 156 valence electrons. The number of urea groups is 1. The van der Waals surface area contributed by atoms with Gasteiger partial charge >= 0.3 is 12.2 Å². The first kappa shape index (κ1) is 20.2. The Hall–Kier alpha value is -4.07. The molecule has 0 atom stereocenters. The van der Waals surface area contributed by atoms with Crippen LogP contribution in [0.25, 0.3) is 28.1 Å². The number of carbonyl (C=O) groups excluding carboxylic acids is 1. The van der Waals surface area contributed by atoms with E-state index in [9.17, 15) is 18.0 Å². The molecule has 0 aliphatic rings. The van der Waals surface area contributed by atoms with E-state index >= 15 is 0 Å². The zero-order chi connectivity index (χ0) is 22.0. The topological polar surface area (TPSA) is 72.9 Å². The van der Waals surface area contributed by atoms with Crippen LogP contribution in [0.2, 0.25) is 0 Å². The Morgan fingerprint density at radius 3 is 2.00 bits per heavy atom. The monoisotopic (exact) mass is 422 g/mol. The SMILES string of the molecule is NC(=O)Nc1ccc(-n2nc(C(F)(F)F)cc2-c2ccc(-c3ccccc3)cc2)cc1. The highest BCUT2D eigenvalue weighted by atomic mass is 19.4. The lowest BCUT2D eigenvalue weighted by Crippen LogP contribution is -2.19. The molecule has 4 rings (SSSR count). The van der Waals surface area contributed by atoms with Crippen LogP contribution in [0.1, 0.15) is 5.69 Å². The Kier molecular flexibility index (Phi) is 5.21. The number of primary amides is 1. The number of aromatic nitrogens is 2. The minimum atomic E-state index is -4.59. The van der Waals surface area contributed by atoms with Gasteiger partial charge in [-0.1, -0.05) is 54.6 Å². The van der Waals surface area contributed by atoms with Crippen LogP contribution in [0.3, 0.4) is 0 Å². The zero-order valence-corrected chi connectivity index (χ0v) is 16.1. The summed E-state index contributed by atoms with van der Waals surface area (Å²) >= 11 is 0. The van der Waals surface area contributed by atoms with Gasteiger partial charge in [-0.2, -0.15) is 18.3 Å². The smallest absolute Gasteiger partial charge is 0.351 e. The number of halogens is 3. The molecule has 5 nitrogen and oxygen atoms in total. The number of hydrogen-bond donors (Lipinski definition) is 2. The third kappa shape index (κ3) is 4.42. The van der Waals surface area contributed by atoms with Gasteiger partial charge in [0.05, 0.1) is 11.4 Å². The second-order valence-corrected chi connectivity index (χ2v) is 6.80. The molecule has 4 aromatic rings. The van der Waals surface area contributed by atoms with Crippen LogP contribution in [0.5, 0.6) is 0 Å². The van der Waals surface area contributed by atoms with E-state index in [0.29, 0.717) is 22.6 Å². The average Bonchev–Trinajstić information content (AvgIpc) is 3.21. The van der Waals surface area contributed by atoms with Gasteiger partial charge in [0, 0.05) is 11.3 Å².